The maximum atomic E-state index is 13.4. The van der Waals surface area contributed by atoms with Gasteiger partial charge in [-0.2, -0.15) is 0 Å². The second kappa shape index (κ2) is 8.88. The van der Waals surface area contributed by atoms with Crippen LogP contribution in [0.1, 0.15) is 24.0 Å². The van der Waals surface area contributed by atoms with Gasteiger partial charge in [0, 0.05) is 66.9 Å². The summed E-state index contributed by atoms with van der Waals surface area (Å²) in [4.78, 5) is 11.0. The fraction of sp³-hybridized carbons (Fsp3) is 0.269. The zero-order valence-electron chi connectivity index (χ0n) is 18.5. The minimum absolute atomic E-state index is 0.579. The van der Waals surface area contributed by atoms with Crippen LogP contribution < -0.4 is 4.90 Å². The lowest BCUT2D eigenvalue weighted by atomic mass is 10.1. The summed E-state index contributed by atoms with van der Waals surface area (Å²) in [5.41, 5.74) is 6.80. The first-order valence-corrected chi connectivity index (χ1v) is 12.2. The van der Waals surface area contributed by atoms with E-state index in [1.165, 1.54) is 29.5 Å². The molecule has 5 nitrogen and oxygen atoms in total. The average Bonchev–Trinajstić information content (AvgIpc) is 3.48. The zero-order valence-corrected chi connectivity index (χ0v) is 19.4. The smallest absolute Gasteiger partial charge is 0.127 e. The molecule has 2 aromatic carbocycles. The molecule has 1 N–H and O–H groups in total. The van der Waals surface area contributed by atoms with Crippen LogP contribution in [-0.2, 0) is 17.5 Å². The Morgan fingerprint density at radius 2 is 1.94 bits per heavy atom. The molecule has 1 unspecified atom stereocenters. The molecule has 164 valence electrons. The molecule has 1 aliphatic heterocycles. The van der Waals surface area contributed by atoms with E-state index in [9.17, 15) is 4.21 Å². The van der Waals surface area contributed by atoms with Crippen molar-refractivity contribution in [3.8, 4) is 11.3 Å². The Morgan fingerprint density at radius 3 is 2.72 bits per heavy atom. The number of aromatic amines is 1. The number of H-pyrrole nitrogens is 1. The minimum atomic E-state index is -1.27. The Labute approximate surface area is 191 Å². The van der Waals surface area contributed by atoms with E-state index in [0.29, 0.717) is 6.54 Å². The molecular weight excluding hydrogens is 416 g/mol. The van der Waals surface area contributed by atoms with Crippen molar-refractivity contribution < 1.29 is 4.21 Å². The second-order valence-corrected chi connectivity index (χ2v) is 10.1. The van der Waals surface area contributed by atoms with Crippen LogP contribution in [0, 0.1) is 6.92 Å². The molecule has 3 heterocycles. The van der Waals surface area contributed by atoms with Gasteiger partial charge in [0.1, 0.15) is 11.0 Å². The van der Waals surface area contributed by atoms with Crippen LogP contribution in [0.2, 0.25) is 0 Å². The summed E-state index contributed by atoms with van der Waals surface area (Å²) < 4.78 is 15.2. The van der Waals surface area contributed by atoms with Crippen LogP contribution >= 0.6 is 0 Å². The summed E-state index contributed by atoms with van der Waals surface area (Å²) in [5.74, 6) is 0. The van der Waals surface area contributed by atoms with Crippen molar-refractivity contribution in [2.75, 3.05) is 25.0 Å². The van der Waals surface area contributed by atoms with Gasteiger partial charge in [-0.15, -0.1) is 0 Å². The van der Waals surface area contributed by atoms with Crippen molar-refractivity contribution in [3.05, 3.63) is 78.1 Å². The van der Waals surface area contributed by atoms with Crippen LogP contribution in [0.3, 0.4) is 0 Å². The molecule has 0 radical (unpaired) electrons. The normalized spacial score (nSPS) is 15.0. The first-order chi connectivity index (χ1) is 15.6. The van der Waals surface area contributed by atoms with Gasteiger partial charge in [0.2, 0.25) is 0 Å². The molecule has 4 aromatic rings. The van der Waals surface area contributed by atoms with E-state index in [4.69, 9.17) is 0 Å². The van der Waals surface area contributed by atoms with Gasteiger partial charge in [0.25, 0.3) is 0 Å². The fourth-order valence-corrected chi connectivity index (χ4v) is 5.48. The lowest BCUT2D eigenvalue weighted by Gasteiger charge is -2.23. The summed E-state index contributed by atoms with van der Waals surface area (Å²) in [7, 11) is 0.621. The molecular formula is C26H28N4OS. The molecule has 5 rings (SSSR count). The molecule has 1 atom stereocenters. The first kappa shape index (κ1) is 20.9. The molecule has 0 bridgehead atoms. The molecule has 0 aliphatic carbocycles. The number of fused-ring (bicyclic) bond motifs is 1. The van der Waals surface area contributed by atoms with Gasteiger partial charge in [-0.05, 0) is 67.3 Å². The Morgan fingerprint density at radius 1 is 1.09 bits per heavy atom. The first-order valence-electron chi connectivity index (χ1n) is 11.1. The Bertz CT molecular complexity index is 1260. The number of nitrogens with zero attached hydrogens (tertiary/aromatic N) is 3. The summed E-state index contributed by atoms with van der Waals surface area (Å²) in [5, 5.41) is 1.19. The van der Waals surface area contributed by atoms with Crippen molar-refractivity contribution >= 4 is 27.6 Å². The maximum absolute atomic E-state index is 13.4. The lowest BCUT2D eigenvalue weighted by molar-refractivity contribution is 0.519. The van der Waals surface area contributed by atoms with E-state index in [0.717, 1.165) is 40.3 Å². The van der Waals surface area contributed by atoms with Crippen LogP contribution in [0.4, 0.5) is 5.69 Å². The van der Waals surface area contributed by atoms with Crippen LogP contribution in [0.25, 0.3) is 22.2 Å². The highest BCUT2D eigenvalue weighted by molar-refractivity contribution is 7.82. The summed E-state index contributed by atoms with van der Waals surface area (Å²) in [6.45, 7) is 4.82. The van der Waals surface area contributed by atoms with E-state index in [1.807, 2.05) is 35.7 Å². The molecule has 0 saturated carbocycles. The van der Waals surface area contributed by atoms with Crippen molar-refractivity contribution in [3.63, 3.8) is 0 Å². The van der Waals surface area contributed by atoms with Gasteiger partial charge < -0.3 is 9.88 Å². The van der Waals surface area contributed by atoms with Crippen molar-refractivity contribution in [2.45, 2.75) is 31.2 Å². The van der Waals surface area contributed by atoms with Crippen molar-refractivity contribution in [2.24, 2.45) is 0 Å². The molecule has 1 fully saturated rings. The summed E-state index contributed by atoms with van der Waals surface area (Å²) >= 11 is 0. The monoisotopic (exact) mass is 444 g/mol. The van der Waals surface area contributed by atoms with Crippen molar-refractivity contribution in [1.29, 1.82) is 0 Å². The molecule has 1 aliphatic rings. The van der Waals surface area contributed by atoms with Crippen LogP contribution in [-0.4, -0.2) is 38.6 Å². The van der Waals surface area contributed by atoms with Crippen molar-refractivity contribution in [1.82, 2.24) is 14.3 Å². The molecule has 2 aromatic heterocycles. The number of hydrogen-bond donors (Lipinski definition) is 1. The molecule has 1 saturated heterocycles. The van der Waals surface area contributed by atoms with E-state index >= 15 is 0 Å². The number of aryl methyl sites for hydroxylation is 1. The minimum Gasteiger partial charge on any atom is -0.371 e. The van der Waals surface area contributed by atoms with Gasteiger partial charge in [0.05, 0.1) is 4.90 Å². The zero-order chi connectivity index (χ0) is 22.1. The Kier molecular flexibility index (Phi) is 5.81. The SMILES string of the molecule is Cc1ccc2cc(-c3cc(S(=O)N(C)Cc4cccnc4)ccc3N3CCCC3)[nH]c2c1. The third kappa shape index (κ3) is 4.20. The summed E-state index contributed by atoms with van der Waals surface area (Å²) in [6.07, 6.45) is 6.01. The second-order valence-electron chi connectivity index (χ2n) is 8.54. The Balaban J connectivity index is 1.52. The van der Waals surface area contributed by atoms with Gasteiger partial charge in [-0.25, -0.2) is 8.51 Å². The number of benzene rings is 2. The predicted molar refractivity (Wildman–Crippen MR) is 132 cm³/mol. The molecule has 0 amide bonds. The van der Waals surface area contributed by atoms with E-state index < -0.39 is 11.0 Å². The largest absolute Gasteiger partial charge is 0.371 e. The Hall–Kier alpha value is -2.96. The average molecular weight is 445 g/mol. The third-order valence-electron chi connectivity index (χ3n) is 6.10. The van der Waals surface area contributed by atoms with Gasteiger partial charge >= 0.3 is 0 Å². The standard InChI is InChI=1S/C26H28N4OS/c1-19-7-8-21-15-25(28-24(21)14-19)23-16-22(9-10-26(23)30-12-3-4-13-30)32(31)29(2)18-20-6-5-11-27-17-20/h5-11,14-17,28H,3-4,12-13,18H2,1-2H3. The van der Waals surface area contributed by atoms with Gasteiger partial charge in [-0.3, -0.25) is 4.98 Å². The number of rotatable bonds is 6. The summed E-state index contributed by atoms with van der Waals surface area (Å²) in [6, 6.07) is 18.9. The third-order valence-corrected chi connectivity index (χ3v) is 7.45. The van der Waals surface area contributed by atoms with E-state index in [2.05, 4.69) is 58.2 Å². The van der Waals surface area contributed by atoms with Gasteiger partial charge in [0.15, 0.2) is 0 Å². The number of hydrogen-bond acceptors (Lipinski definition) is 3. The molecule has 32 heavy (non-hydrogen) atoms. The number of nitrogens with one attached hydrogen (secondary N) is 1. The molecule has 0 spiro atoms. The lowest BCUT2D eigenvalue weighted by Crippen LogP contribution is -2.22. The topological polar surface area (TPSA) is 52.2 Å². The number of aromatic nitrogens is 2. The predicted octanol–water partition coefficient (Wildman–Crippen LogP) is 5.29. The fourth-order valence-electron chi connectivity index (χ4n) is 4.45. The number of anilines is 1. The van der Waals surface area contributed by atoms with E-state index in [-0.39, 0.29) is 0 Å². The highest BCUT2D eigenvalue weighted by atomic mass is 32.2. The quantitative estimate of drug-likeness (QED) is 0.439. The van der Waals surface area contributed by atoms with E-state index in [1.54, 1.807) is 6.20 Å². The number of pyridine rings is 1. The molecule has 6 heteroatoms. The highest BCUT2D eigenvalue weighted by Crippen LogP contribution is 2.36. The van der Waals surface area contributed by atoms with Crippen LogP contribution in [0.15, 0.2) is 71.9 Å². The van der Waals surface area contributed by atoms with Crippen LogP contribution in [0.5, 0.6) is 0 Å². The highest BCUT2D eigenvalue weighted by Gasteiger charge is 2.20. The van der Waals surface area contributed by atoms with Gasteiger partial charge in [-0.1, -0.05) is 18.2 Å². The maximum Gasteiger partial charge on any atom is 0.127 e.